The summed E-state index contributed by atoms with van der Waals surface area (Å²) in [6, 6.07) is 5.14. The van der Waals surface area contributed by atoms with E-state index in [0.29, 0.717) is 25.1 Å². The van der Waals surface area contributed by atoms with E-state index in [0.717, 1.165) is 0 Å². The maximum Gasteiger partial charge on any atom is 0.573 e. The van der Waals surface area contributed by atoms with E-state index >= 15 is 0 Å². The molecule has 1 heterocycles. The molecule has 0 aromatic heterocycles. The van der Waals surface area contributed by atoms with E-state index in [1.807, 2.05) is 0 Å². The molecular formula is C19H23F3N2O4. The molecule has 2 aliphatic rings. The molecule has 3 atom stereocenters. The lowest BCUT2D eigenvalue weighted by molar-refractivity contribution is -0.274. The van der Waals surface area contributed by atoms with Crippen LogP contribution >= 0.6 is 0 Å². The first-order valence-corrected chi connectivity index (χ1v) is 9.08. The number of hydrogen-bond donors (Lipinski definition) is 1. The standard InChI is InChI=1S/C19H23F3N2O4/c1-18(2,3)28-17(26)23-12-8-11-10-24(16(25)15(11)9-12)13-4-6-14(7-5-13)27-19(20,21)22/h4-7,11-12,15H,8-10H2,1-3H3,(H,23,26)/t11-,12?,15-/m0/s1. The number of halogens is 3. The predicted molar refractivity (Wildman–Crippen MR) is 94.8 cm³/mol. The number of fused-ring (bicyclic) bond motifs is 1. The molecule has 1 aliphatic heterocycles. The molecule has 2 amide bonds. The van der Waals surface area contributed by atoms with Gasteiger partial charge < -0.3 is 19.7 Å². The molecule has 1 N–H and O–H groups in total. The van der Waals surface area contributed by atoms with Gasteiger partial charge in [-0.15, -0.1) is 13.2 Å². The minimum absolute atomic E-state index is 0.0806. The first-order chi connectivity index (χ1) is 12.9. The number of alkyl carbamates (subject to hydrolysis) is 1. The van der Waals surface area contributed by atoms with Crippen LogP contribution in [0, 0.1) is 11.8 Å². The Hall–Kier alpha value is -2.45. The highest BCUT2D eigenvalue weighted by molar-refractivity contribution is 5.98. The third-order valence-corrected chi connectivity index (χ3v) is 4.80. The maximum atomic E-state index is 12.7. The van der Waals surface area contributed by atoms with Gasteiger partial charge in [0.2, 0.25) is 5.91 Å². The third kappa shape index (κ3) is 4.88. The van der Waals surface area contributed by atoms with E-state index in [1.54, 1.807) is 25.7 Å². The minimum atomic E-state index is -4.75. The molecule has 9 heteroatoms. The normalized spacial score (nSPS) is 24.9. The van der Waals surface area contributed by atoms with Crippen LogP contribution in [-0.4, -0.2) is 36.6 Å². The van der Waals surface area contributed by atoms with Crippen LogP contribution in [0.3, 0.4) is 0 Å². The number of anilines is 1. The number of hydrogen-bond acceptors (Lipinski definition) is 4. The van der Waals surface area contributed by atoms with Gasteiger partial charge in [-0.25, -0.2) is 4.79 Å². The average molecular weight is 400 g/mol. The summed E-state index contributed by atoms with van der Waals surface area (Å²) in [5, 5.41) is 2.81. The van der Waals surface area contributed by atoms with E-state index < -0.39 is 18.1 Å². The van der Waals surface area contributed by atoms with Gasteiger partial charge in [0.25, 0.3) is 0 Å². The molecular weight excluding hydrogens is 377 g/mol. The molecule has 1 aromatic rings. The van der Waals surface area contributed by atoms with E-state index in [9.17, 15) is 22.8 Å². The van der Waals surface area contributed by atoms with Crippen molar-refractivity contribution < 1.29 is 32.2 Å². The van der Waals surface area contributed by atoms with Gasteiger partial charge in [0.1, 0.15) is 11.4 Å². The van der Waals surface area contributed by atoms with Crippen LogP contribution in [0.4, 0.5) is 23.7 Å². The van der Waals surface area contributed by atoms with Crippen LogP contribution < -0.4 is 15.0 Å². The highest BCUT2D eigenvalue weighted by Gasteiger charge is 2.47. The summed E-state index contributed by atoms with van der Waals surface area (Å²) >= 11 is 0. The van der Waals surface area contributed by atoms with E-state index in [-0.39, 0.29) is 29.5 Å². The summed E-state index contributed by atoms with van der Waals surface area (Å²) in [5.41, 5.74) is -0.0572. The maximum absolute atomic E-state index is 12.7. The fraction of sp³-hybridized carbons (Fsp3) is 0.579. The van der Waals surface area contributed by atoms with Crippen molar-refractivity contribution in [2.45, 2.75) is 51.6 Å². The molecule has 1 saturated carbocycles. The van der Waals surface area contributed by atoms with Gasteiger partial charge in [0.15, 0.2) is 0 Å². The number of alkyl halides is 3. The van der Waals surface area contributed by atoms with Gasteiger partial charge in [0, 0.05) is 24.2 Å². The van der Waals surface area contributed by atoms with Crippen molar-refractivity contribution in [3.8, 4) is 5.75 Å². The Bertz CT molecular complexity index is 743. The summed E-state index contributed by atoms with van der Waals surface area (Å²) in [4.78, 5) is 26.2. The second-order valence-corrected chi connectivity index (χ2v) is 8.17. The lowest BCUT2D eigenvalue weighted by atomic mass is 10.0. The Labute approximate surface area is 161 Å². The van der Waals surface area contributed by atoms with Crippen LogP contribution in [0.5, 0.6) is 5.75 Å². The van der Waals surface area contributed by atoms with Crippen molar-refractivity contribution in [1.29, 1.82) is 0 Å². The van der Waals surface area contributed by atoms with Crippen LogP contribution in [0.25, 0.3) is 0 Å². The van der Waals surface area contributed by atoms with E-state index in [1.165, 1.54) is 24.3 Å². The number of amides is 2. The number of nitrogens with zero attached hydrogens (tertiary/aromatic N) is 1. The summed E-state index contributed by atoms with van der Waals surface area (Å²) in [5.74, 6) is -0.544. The number of carbonyl (C=O) groups excluding carboxylic acids is 2. The van der Waals surface area contributed by atoms with E-state index in [2.05, 4.69) is 10.1 Å². The molecule has 2 fully saturated rings. The van der Waals surface area contributed by atoms with Crippen molar-refractivity contribution in [2.24, 2.45) is 11.8 Å². The second-order valence-electron chi connectivity index (χ2n) is 8.17. The van der Waals surface area contributed by atoms with Crippen molar-refractivity contribution >= 4 is 17.7 Å². The lowest BCUT2D eigenvalue weighted by Crippen LogP contribution is -2.39. The monoisotopic (exact) mass is 400 g/mol. The third-order valence-electron chi connectivity index (χ3n) is 4.80. The zero-order chi connectivity index (χ0) is 20.7. The first-order valence-electron chi connectivity index (χ1n) is 9.08. The van der Waals surface area contributed by atoms with Gasteiger partial charge in [-0.05, 0) is 63.8 Å². The zero-order valence-corrected chi connectivity index (χ0v) is 15.9. The SMILES string of the molecule is CC(C)(C)OC(=O)NC1C[C@H]2CN(c3ccc(OC(F)(F)F)cc3)C(=O)[C@H]2C1. The Morgan fingerprint density at radius 2 is 1.79 bits per heavy atom. The van der Waals surface area contributed by atoms with Crippen LogP contribution in [-0.2, 0) is 9.53 Å². The molecule has 1 unspecified atom stereocenters. The van der Waals surface area contributed by atoms with Gasteiger partial charge >= 0.3 is 12.5 Å². The van der Waals surface area contributed by atoms with Crippen molar-refractivity contribution in [3.63, 3.8) is 0 Å². The fourth-order valence-corrected chi connectivity index (χ4v) is 3.81. The van der Waals surface area contributed by atoms with Crippen LogP contribution in [0.15, 0.2) is 24.3 Å². The van der Waals surface area contributed by atoms with Crippen LogP contribution in [0.2, 0.25) is 0 Å². The van der Waals surface area contributed by atoms with Gasteiger partial charge in [0.05, 0.1) is 0 Å². The lowest BCUT2D eigenvalue weighted by Gasteiger charge is -2.23. The molecule has 0 bridgehead atoms. The molecule has 1 saturated heterocycles. The molecule has 3 rings (SSSR count). The smallest absolute Gasteiger partial charge is 0.444 e. The van der Waals surface area contributed by atoms with Gasteiger partial charge in [-0.2, -0.15) is 0 Å². The molecule has 1 aliphatic carbocycles. The predicted octanol–water partition coefficient (Wildman–Crippen LogP) is 3.85. The summed E-state index contributed by atoms with van der Waals surface area (Å²) in [6.45, 7) is 5.81. The van der Waals surface area contributed by atoms with Crippen molar-refractivity contribution in [3.05, 3.63) is 24.3 Å². The van der Waals surface area contributed by atoms with Gasteiger partial charge in [-0.3, -0.25) is 4.79 Å². The zero-order valence-electron chi connectivity index (χ0n) is 15.9. The Morgan fingerprint density at radius 3 is 2.32 bits per heavy atom. The Morgan fingerprint density at radius 1 is 1.14 bits per heavy atom. The molecule has 154 valence electrons. The summed E-state index contributed by atoms with van der Waals surface area (Å²) < 4.78 is 45.9. The highest BCUT2D eigenvalue weighted by Crippen LogP contribution is 2.41. The average Bonchev–Trinajstić information content (AvgIpc) is 3.04. The van der Waals surface area contributed by atoms with Gasteiger partial charge in [-0.1, -0.05) is 0 Å². The summed E-state index contributed by atoms with van der Waals surface area (Å²) in [7, 11) is 0. The summed E-state index contributed by atoms with van der Waals surface area (Å²) in [6.07, 6.45) is -4.07. The second kappa shape index (κ2) is 7.18. The fourth-order valence-electron chi connectivity index (χ4n) is 3.81. The number of carbonyl (C=O) groups is 2. The van der Waals surface area contributed by atoms with Crippen molar-refractivity contribution in [2.75, 3.05) is 11.4 Å². The highest BCUT2D eigenvalue weighted by atomic mass is 19.4. The molecule has 28 heavy (non-hydrogen) atoms. The number of rotatable bonds is 3. The van der Waals surface area contributed by atoms with Crippen LogP contribution in [0.1, 0.15) is 33.6 Å². The topological polar surface area (TPSA) is 67.9 Å². The Kier molecular flexibility index (Phi) is 5.20. The molecule has 0 spiro atoms. The quantitative estimate of drug-likeness (QED) is 0.837. The largest absolute Gasteiger partial charge is 0.573 e. The number of ether oxygens (including phenoxy) is 2. The number of benzene rings is 1. The molecule has 6 nitrogen and oxygen atoms in total. The van der Waals surface area contributed by atoms with E-state index in [4.69, 9.17) is 4.74 Å². The minimum Gasteiger partial charge on any atom is -0.444 e. The molecule has 1 aromatic carbocycles. The van der Waals surface area contributed by atoms with Crippen molar-refractivity contribution in [1.82, 2.24) is 5.32 Å². The molecule has 0 radical (unpaired) electrons. The Balaban J connectivity index is 1.58. The first kappa shape index (κ1) is 20.3. The number of nitrogens with one attached hydrogen (secondary N) is 1.